The number of nitrogens with one attached hydrogen (secondary N) is 1. The van der Waals surface area contributed by atoms with Crippen LogP contribution in [0.3, 0.4) is 0 Å². The van der Waals surface area contributed by atoms with E-state index in [1.807, 2.05) is 62.1 Å². The summed E-state index contributed by atoms with van der Waals surface area (Å²) >= 11 is 0. The summed E-state index contributed by atoms with van der Waals surface area (Å²) in [7, 11) is 0. The van der Waals surface area contributed by atoms with E-state index in [2.05, 4.69) is 23.5 Å². The summed E-state index contributed by atoms with van der Waals surface area (Å²) < 4.78 is 5.53. The number of hydrogen-bond acceptors (Lipinski definition) is 6. The summed E-state index contributed by atoms with van der Waals surface area (Å²) in [6.45, 7) is 8.01. The fourth-order valence-electron chi connectivity index (χ4n) is 5.31. The molecule has 2 saturated heterocycles. The highest BCUT2D eigenvalue weighted by molar-refractivity contribution is 5.93. The quantitative estimate of drug-likeness (QED) is 0.504. The molecule has 2 amide bonds. The fraction of sp³-hybridized carbons (Fsp3) is 0.467. The molecule has 38 heavy (non-hydrogen) atoms. The molecule has 1 atom stereocenters. The van der Waals surface area contributed by atoms with Crippen LogP contribution in [0.4, 0.5) is 10.7 Å². The van der Waals surface area contributed by atoms with Crippen molar-refractivity contribution in [2.24, 2.45) is 5.92 Å². The van der Waals surface area contributed by atoms with Crippen molar-refractivity contribution >= 4 is 28.9 Å². The molecule has 0 spiro atoms. The Bertz CT molecular complexity index is 1280. The third kappa shape index (κ3) is 6.06. The molecule has 2 aromatic carbocycles. The van der Waals surface area contributed by atoms with Gasteiger partial charge in [-0.3, -0.25) is 4.79 Å². The third-order valence-corrected chi connectivity index (χ3v) is 7.21. The highest BCUT2D eigenvalue weighted by Crippen LogP contribution is 2.28. The zero-order chi connectivity index (χ0) is 26.7. The van der Waals surface area contributed by atoms with Crippen LogP contribution in [0, 0.1) is 5.92 Å². The molecule has 0 radical (unpaired) electrons. The highest BCUT2D eigenvalue weighted by Gasteiger charge is 2.34. The van der Waals surface area contributed by atoms with E-state index in [1.54, 1.807) is 4.90 Å². The summed E-state index contributed by atoms with van der Waals surface area (Å²) in [6, 6.07) is 18.4. The maximum Gasteiger partial charge on any atom is 0.410 e. The average molecular weight is 516 g/mol. The van der Waals surface area contributed by atoms with E-state index in [0.717, 1.165) is 47.8 Å². The van der Waals surface area contributed by atoms with Gasteiger partial charge in [-0.15, -0.1) is 0 Å². The van der Waals surface area contributed by atoms with Gasteiger partial charge in [0.05, 0.1) is 17.1 Å². The van der Waals surface area contributed by atoms with Gasteiger partial charge in [0.2, 0.25) is 11.9 Å². The number of aromatic nitrogens is 2. The Kier molecular flexibility index (Phi) is 7.49. The Balaban J connectivity index is 1.21. The van der Waals surface area contributed by atoms with E-state index in [9.17, 15) is 9.59 Å². The van der Waals surface area contributed by atoms with Crippen LogP contribution in [0.1, 0.15) is 46.5 Å². The predicted octanol–water partition coefficient (Wildman–Crippen LogP) is 5.35. The molecule has 0 aliphatic carbocycles. The van der Waals surface area contributed by atoms with Crippen molar-refractivity contribution in [3.63, 3.8) is 0 Å². The Labute approximate surface area is 224 Å². The number of nitrogens with zero attached hydrogens (tertiary/aromatic N) is 4. The lowest BCUT2D eigenvalue weighted by Gasteiger charge is -2.38. The molecule has 0 bridgehead atoms. The van der Waals surface area contributed by atoms with Crippen LogP contribution in [-0.4, -0.2) is 69.6 Å². The summed E-state index contributed by atoms with van der Waals surface area (Å²) in [5, 5.41) is 4.56. The standard InChI is InChI=1S/C30H37N5O3/c1-30(2,3)38-29(37)35-17-9-12-22(20-35)27(36)34-18-15-23(16-19-34)31-28-32-25-14-8-7-13-24(25)26(33-28)21-10-5-4-6-11-21/h4-8,10-11,13-14,22-23H,9,12,15-20H2,1-3H3,(H,31,32,33). The second-order valence-corrected chi connectivity index (χ2v) is 11.3. The predicted molar refractivity (Wildman–Crippen MR) is 149 cm³/mol. The minimum atomic E-state index is -0.542. The van der Waals surface area contributed by atoms with Crippen molar-refractivity contribution < 1.29 is 14.3 Å². The van der Waals surface area contributed by atoms with Crippen LogP contribution in [0.5, 0.6) is 0 Å². The normalized spacial score (nSPS) is 18.9. The highest BCUT2D eigenvalue weighted by atomic mass is 16.6. The lowest BCUT2D eigenvalue weighted by molar-refractivity contribution is -0.138. The van der Waals surface area contributed by atoms with Gasteiger partial charge in [0, 0.05) is 43.2 Å². The Morgan fingerprint density at radius 2 is 1.61 bits per heavy atom. The first kappa shape index (κ1) is 25.9. The maximum atomic E-state index is 13.3. The molecule has 3 heterocycles. The number of anilines is 1. The first-order chi connectivity index (χ1) is 18.3. The Hall–Kier alpha value is -3.68. The molecule has 2 fully saturated rings. The second-order valence-electron chi connectivity index (χ2n) is 11.3. The largest absolute Gasteiger partial charge is 0.444 e. The van der Waals surface area contributed by atoms with Gasteiger partial charge in [-0.1, -0.05) is 48.5 Å². The van der Waals surface area contributed by atoms with Crippen LogP contribution in [0.15, 0.2) is 54.6 Å². The molecule has 0 saturated carbocycles. The van der Waals surface area contributed by atoms with E-state index in [0.29, 0.717) is 32.1 Å². The van der Waals surface area contributed by atoms with Crippen LogP contribution in [-0.2, 0) is 9.53 Å². The van der Waals surface area contributed by atoms with Gasteiger partial charge in [-0.05, 0) is 52.5 Å². The van der Waals surface area contributed by atoms with Gasteiger partial charge in [0.1, 0.15) is 5.60 Å². The maximum absolute atomic E-state index is 13.3. The number of carbonyl (C=O) groups excluding carboxylic acids is 2. The van der Waals surface area contributed by atoms with Crippen molar-refractivity contribution in [2.75, 3.05) is 31.5 Å². The molecule has 2 aliphatic rings. The first-order valence-corrected chi connectivity index (χ1v) is 13.6. The molecule has 5 rings (SSSR count). The van der Waals surface area contributed by atoms with Crippen molar-refractivity contribution in [2.45, 2.75) is 58.1 Å². The molecule has 2 aliphatic heterocycles. The average Bonchev–Trinajstić information content (AvgIpc) is 2.92. The molecule has 3 aromatic rings. The number of likely N-dealkylation sites (tertiary alicyclic amines) is 2. The lowest BCUT2D eigenvalue weighted by Crippen LogP contribution is -2.50. The Morgan fingerprint density at radius 1 is 0.895 bits per heavy atom. The number of benzene rings is 2. The van der Waals surface area contributed by atoms with Gasteiger partial charge in [0.15, 0.2) is 0 Å². The zero-order valence-corrected chi connectivity index (χ0v) is 22.5. The minimum Gasteiger partial charge on any atom is -0.444 e. The summed E-state index contributed by atoms with van der Waals surface area (Å²) in [4.78, 5) is 39.2. The summed E-state index contributed by atoms with van der Waals surface area (Å²) in [6.07, 6.45) is 2.94. The van der Waals surface area contributed by atoms with E-state index in [1.165, 1.54) is 0 Å². The number of piperidine rings is 2. The number of ether oxygens (including phenoxy) is 1. The molecular weight excluding hydrogens is 478 g/mol. The number of hydrogen-bond donors (Lipinski definition) is 1. The van der Waals surface area contributed by atoms with Gasteiger partial charge in [-0.25, -0.2) is 14.8 Å². The van der Waals surface area contributed by atoms with Crippen LogP contribution >= 0.6 is 0 Å². The van der Waals surface area contributed by atoms with Crippen molar-refractivity contribution in [1.82, 2.24) is 19.8 Å². The molecule has 8 nitrogen and oxygen atoms in total. The number of carbonyl (C=O) groups is 2. The molecule has 1 unspecified atom stereocenters. The topological polar surface area (TPSA) is 87.7 Å². The molecule has 8 heteroatoms. The van der Waals surface area contributed by atoms with Gasteiger partial charge < -0.3 is 19.9 Å². The third-order valence-electron chi connectivity index (χ3n) is 7.21. The van der Waals surface area contributed by atoms with E-state index in [-0.39, 0.29) is 24.0 Å². The summed E-state index contributed by atoms with van der Waals surface area (Å²) in [5.74, 6) is 0.593. The Morgan fingerprint density at radius 3 is 2.34 bits per heavy atom. The second kappa shape index (κ2) is 11.0. The molecule has 1 aromatic heterocycles. The van der Waals surface area contributed by atoms with E-state index < -0.39 is 5.60 Å². The minimum absolute atomic E-state index is 0.144. The number of fused-ring (bicyclic) bond motifs is 1. The lowest BCUT2D eigenvalue weighted by atomic mass is 9.95. The smallest absolute Gasteiger partial charge is 0.410 e. The van der Waals surface area contributed by atoms with Crippen LogP contribution < -0.4 is 5.32 Å². The van der Waals surface area contributed by atoms with Gasteiger partial charge in [0.25, 0.3) is 0 Å². The number of rotatable bonds is 4. The van der Waals surface area contributed by atoms with Gasteiger partial charge in [-0.2, -0.15) is 0 Å². The summed E-state index contributed by atoms with van der Waals surface area (Å²) in [5.41, 5.74) is 2.34. The monoisotopic (exact) mass is 515 g/mol. The number of amides is 2. The number of para-hydroxylation sites is 1. The van der Waals surface area contributed by atoms with Crippen LogP contribution in [0.2, 0.25) is 0 Å². The molecule has 1 N–H and O–H groups in total. The molecule has 200 valence electrons. The van der Waals surface area contributed by atoms with Crippen molar-refractivity contribution in [3.05, 3.63) is 54.6 Å². The van der Waals surface area contributed by atoms with Crippen molar-refractivity contribution in [1.29, 1.82) is 0 Å². The fourth-order valence-corrected chi connectivity index (χ4v) is 5.31. The van der Waals surface area contributed by atoms with Crippen molar-refractivity contribution in [3.8, 4) is 11.3 Å². The van der Waals surface area contributed by atoms with Gasteiger partial charge >= 0.3 is 6.09 Å². The van der Waals surface area contributed by atoms with Crippen LogP contribution in [0.25, 0.3) is 22.2 Å². The molecular formula is C30H37N5O3. The van der Waals surface area contributed by atoms with E-state index in [4.69, 9.17) is 14.7 Å². The first-order valence-electron chi connectivity index (χ1n) is 13.6. The van der Waals surface area contributed by atoms with E-state index >= 15 is 0 Å². The SMILES string of the molecule is CC(C)(C)OC(=O)N1CCCC(C(=O)N2CCC(Nc3nc(-c4ccccc4)c4ccccc4n3)CC2)C1. The zero-order valence-electron chi connectivity index (χ0n) is 22.5.